The first kappa shape index (κ1) is 14.7. The number of esters is 1. The lowest BCUT2D eigenvalue weighted by atomic mass is 10.2. The Balaban J connectivity index is 3.42. The van der Waals surface area contributed by atoms with Gasteiger partial charge in [0.15, 0.2) is 5.11 Å². The Hall–Kier alpha value is -0.370. The van der Waals surface area contributed by atoms with Crippen molar-refractivity contribution >= 4 is 72.4 Å². The number of halogens is 3. The monoisotopic (exact) mass is 400 g/mol. The van der Waals surface area contributed by atoms with E-state index in [2.05, 4.69) is 41.9 Å². The zero-order chi connectivity index (χ0) is 13.2. The zero-order valence-electron chi connectivity index (χ0n) is 8.51. The molecule has 4 nitrogen and oxygen atoms in total. The third-order valence-corrected chi connectivity index (χ3v) is 3.63. The van der Waals surface area contributed by atoms with Gasteiger partial charge in [-0.2, -0.15) is 0 Å². The minimum absolute atomic E-state index is 0.0470. The van der Waals surface area contributed by atoms with E-state index in [-0.39, 0.29) is 5.11 Å². The highest BCUT2D eigenvalue weighted by Gasteiger charge is 2.20. The maximum Gasteiger partial charge on any atom is 0.340 e. The molecule has 0 heterocycles. The number of methoxy groups -OCH3 is 1. The minimum atomic E-state index is -0.508. The number of carbonyl (C=O) groups is 1. The predicted molar refractivity (Wildman–Crippen MR) is 78.6 cm³/mol. The van der Waals surface area contributed by atoms with Gasteiger partial charge in [-0.15, -0.1) is 0 Å². The normalized spacial score (nSPS) is 9.88. The summed E-state index contributed by atoms with van der Waals surface area (Å²) in [6.45, 7) is 0. The number of benzene rings is 1. The minimum Gasteiger partial charge on any atom is -0.465 e. The van der Waals surface area contributed by atoms with Crippen LogP contribution in [-0.2, 0) is 4.74 Å². The first-order chi connectivity index (χ1) is 7.88. The number of anilines is 1. The average molecular weight is 402 g/mol. The number of rotatable bonds is 2. The molecule has 8 heteroatoms. The van der Waals surface area contributed by atoms with E-state index in [0.29, 0.717) is 25.2 Å². The van der Waals surface area contributed by atoms with Gasteiger partial charge in [-0.3, -0.25) is 0 Å². The molecule has 1 aromatic carbocycles. The SMILES string of the molecule is COC(=O)c1c(Br)cc(Cl)c(NC(N)=S)c1Br. The lowest BCUT2D eigenvalue weighted by Gasteiger charge is -2.13. The molecule has 0 aliphatic rings. The van der Waals surface area contributed by atoms with Crippen LogP contribution in [0.15, 0.2) is 15.0 Å². The van der Waals surface area contributed by atoms with Gasteiger partial charge in [0.2, 0.25) is 0 Å². The van der Waals surface area contributed by atoms with Gasteiger partial charge in [-0.05, 0) is 50.1 Å². The second kappa shape index (κ2) is 5.99. The van der Waals surface area contributed by atoms with Crippen LogP contribution in [0.3, 0.4) is 0 Å². The molecule has 1 rings (SSSR count). The summed E-state index contributed by atoms with van der Waals surface area (Å²) in [4.78, 5) is 11.6. The Bertz CT molecular complexity index is 496. The molecule has 3 N–H and O–H groups in total. The van der Waals surface area contributed by atoms with Gasteiger partial charge in [-0.25, -0.2) is 4.79 Å². The Kier molecular flexibility index (Phi) is 5.18. The van der Waals surface area contributed by atoms with E-state index in [4.69, 9.17) is 29.6 Å². The van der Waals surface area contributed by atoms with Gasteiger partial charge < -0.3 is 15.8 Å². The van der Waals surface area contributed by atoms with Gasteiger partial charge in [0, 0.05) is 4.47 Å². The van der Waals surface area contributed by atoms with E-state index in [1.54, 1.807) is 6.07 Å². The number of nitrogens with two attached hydrogens (primary N) is 1. The van der Waals surface area contributed by atoms with Gasteiger partial charge in [0.05, 0.1) is 27.9 Å². The summed E-state index contributed by atoms with van der Waals surface area (Å²) in [5.41, 5.74) is 6.09. The molecular formula is C9H7Br2ClN2O2S. The number of hydrogen-bond donors (Lipinski definition) is 2. The molecule has 0 bridgehead atoms. The second-order valence-electron chi connectivity index (χ2n) is 2.89. The van der Waals surface area contributed by atoms with Gasteiger partial charge in [0.25, 0.3) is 0 Å². The van der Waals surface area contributed by atoms with Crippen molar-refractivity contribution in [3.05, 3.63) is 25.6 Å². The smallest absolute Gasteiger partial charge is 0.340 e. The van der Waals surface area contributed by atoms with Crippen LogP contribution in [0.25, 0.3) is 0 Å². The standard InChI is InChI=1S/C9H7Br2ClN2O2S/c1-16-8(15)5-3(10)2-4(12)7(6(5)11)14-9(13)17/h2H,1H3,(H3,13,14,17). The molecule has 0 aliphatic heterocycles. The van der Waals surface area contributed by atoms with Crippen molar-refractivity contribution in [2.45, 2.75) is 0 Å². The van der Waals surface area contributed by atoms with Crippen molar-refractivity contribution in [3.63, 3.8) is 0 Å². The van der Waals surface area contributed by atoms with Gasteiger partial charge >= 0.3 is 5.97 Å². The molecule has 0 spiro atoms. The van der Waals surface area contributed by atoms with Crippen molar-refractivity contribution in [3.8, 4) is 0 Å². The van der Waals surface area contributed by atoms with E-state index >= 15 is 0 Å². The Morgan fingerprint density at radius 3 is 2.65 bits per heavy atom. The highest BCUT2D eigenvalue weighted by atomic mass is 79.9. The van der Waals surface area contributed by atoms with Crippen LogP contribution in [-0.4, -0.2) is 18.2 Å². The predicted octanol–water partition coefficient (Wildman–Crippen LogP) is 3.31. The molecular weight excluding hydrogens is 395 g/mol. The molecule has 0 atom stereocenters. The average Bonchev–Trinajstić information content (AvgIpc) is 2.23. The maximum absolute atomic E-state index is 11.6. The van der Waals surface area contributed by atoms with Gasteiger partial charge in [-0.1, -0.05) is 11.6 Å². The summed E-state index contributed by atoms with van der Waals surface area (Å²) in [5.74, 6) is -0.508. The highest BCUT2D eigenvalue weighted by Crippen LogP contribution is 2.38. The quantitative estimate of drug-likeness (QED) is 0.587. The van der Waals surface area contributed by atoms with E-state index < -0.39 is 5.97 Å². The highest BCUT2D eigenvalue weighted by molar-refractivity contribution is 9.11. The molecule has 0 radical (unpaired) electrons. The molecule has 1 aromatic rings. The third-order valence-electron chi connectivity index (χ3n) is 1.81. The van der Waals surface area contributed by atoms with Gasteiger partial charge in [0.1, 0.15) is 0 Å². The Morgan fingerprint density at radius 2 is 2.18 bits per heavy atom. The number of hydrogen-bond acceptors (Lipinski definition) is 3. The second-order valence-corrected chi connectivity index (χ2v) is 5.38. The molecule has 0 saturated carbocycles. The van der Waals surface area contributed by atoms with Crippen LogP contribution in [0.2, 0.25) is 5.02 Å². The fourth-order valence-corrected chi connectivity index (χ4v) is 3.26. The molecule has 0 fully saturated rings. The van der Waals surface area contributed by atoms with E-state index in [1.807, 2.05) is 0 Å². The fourth-order valence-electron chi connectivity index (χ4n) is 1.12. The van der Waals surface area contributed by atoms with Crippen molar-refractivity contribution < 1.29 is 9.53 Å². The number of nitrogens with one attached hydrogen (secondary N) is 1. The fraction of sp³-hybridized carbons (Fsp3) is 0.111. The summed E-state index contributed by atoms with van der Waals surface area (Å²) in [6, 6.07) is 1.55. The van der Waals surface area contributed by atoms with Crippen molar-refractivity contribution in [2.75, 3.05) is 12.4 Å². The molecule has 0 amide bonds. The largest absolute Gasteiger partial charge is 0.465 e. The van der Waals surface area contributed by atoms with E-state index in [0.717, 1.165) is 0 Å². The Morgan fingerprint density at radius 1 is 1.59 bits per heavy atom. The summed E-state index contributed by atoms with van der Waals surface area (Å²) >= 11 is 17.2. The maximum atomic E-state index is 11.6. The summed E-state index contributed by atoms with van der Waals surface area (Å²) in [7, 11) is 1.29. The first-order valence-electron chi connectivity index (χ1n) is 4.20. The summed E-state index contributed by atoms with van der Waals surface area (Å²) in [5, 5.41) is 3.10. The molecule has 0 unspecified atom stereocenters. The van der Waals surface area contributed by atoms with Crippen LogP contribution in [0.4, 0.5) is 5.69 Å². The third kappa shape index (κ3) is 3.31. The Labute approximate surface area is 125 Å². The first-order valence-corrected chi connectivity index (χ1v) is 6.58. The molecule has 0 aliphatic carbocycles. The number of carbonyl (C=O) groups excluding carboxylic acids is 1. The lowest BCUT2D eigenvalue weighted by molar-refractivity contribution is 0.0598. The molecule has 92 valence electrons. The molecule has 0 aromatic heterocycles. The van der Waals surface area contributed by atoms with Crippen molar-refractivity contribution in [1.82, 2.24) is 0 Å². The number of ether oxygens (including phenoxy) is 1. The van der Waals surface area contributed by atoms with E-state index in [1.165, 1.54) is 7.11 Å². The van der Waals surface area contributed by atoms with Crippen LogP contribution < -0.4 is 11.1 Å². The van der Waals surface area contributed by atoms with E-state index in [9.17, 15) is 4.79 Å². The summed E-state index contributed by atoms with van der Waals surface area (Å²) in [6.07, 6.45) is 0. The van der Waals surface area contributed by atoms with Crippen LogP contribution >= 0.6 is 55.7 Å². The van der Waals surface area contributed by atoms with Crippen molar-refractivity contribution in [1.29, 1.82) is 0 Å². The van der Waals surface area contributed by atoms with Crippen LogP contribution in [0.1, 0.15) is 10.4 Å². The van der Waals surface area contributed by atoms with Crippen LogP contribution in [0.5, 0.6) is 0 Å². The zero-order valence-corrected chi connectivity index (χ0v) is 13.3. The number of thiocarbonyl (C=S) groups is 1. The molecule has 0 saturated heterocycles. The molecule has 17 heavy (non-hydrogen) atoms. The lowest BCUT2D eigenvalue weighted by Crippen LogP contribution is -2.20. The van der Waals surface area contributed by atoms with Crippen molar-refractivity contribution in [2.24, 2.45) is 5.73 Å². The topological polar surface area (TPSA) is 64.3 Å². The van der Waals surface area contributed by atoms with Crippen LogP contribution in [0, 0.1) is 0 Å². The summed E-state index contributed by atoms with van der Waals surface area (Å²) < 4.78 is 5.60.